The molecule has 1 aromatic rings. The Bertz CT molecular complexity index is 481. The Balaban J connectivity index is 2.52. The van der Waals surface area contributed by atoms with E-state index in [1.165, 1.54) is 7.11 Å². The summed E-state index contributed by atoms with van der Waals surface area (Å²) in [4.78, 5) is 0. The predicted octanol–water partition coefficient (Wildman–Crippen LogP) is 3.80. The first kappa shape index (κ1) is 11.6. The minimum absolute atomic E-state index is 0.333. The van der Waals surface area contributed by atoms with Crippen molar-refractivity contribution in [2.75, 3.05) is 7.11 Å². The topological polar surface area (TPSA) is 33.0 Å². The van der Waals surface area contributed by atoms with Gasteiger partial charge in [0.05, 0.1) is 23.6 Å². The minimum atomic E-state index is -0.451. The molecule has 16 heavy (non-hydrogen) atoms. The Labute approximate surface area is 105 Å². The fourth-order valence-corrected chi connectivity index (χ4v) is 2.61. The van der Waals surface area contributed by atoms with Crippen molar-refractivity contribution < 1.29 is 4.74 Å². The molecule has 0 heterocycles. The summed E-state index contributed by atoms with van der Waals surface area (Å²) < 4.78 is 5.08. The van der Waals surface area contributed by atoms with Crippen LogP contribution in [-0.2, 0) is 5.41 Å². The van der Waals surface area contributed by atoms with E-state index in [0.717, 1.165) is 12.0 Å². The van der Waals surface area contributed by atoms with Crippen molar-refractivity contribution in [1.29, 1.82) is 5.26 Å². The van der Waals surface area contributed by atoms with Gasteiger partial charge in [-0.2, -0.15) is 5.26 Å². The predicted molar refractivity (Wildman–Crippen MR) is 64.1 cm³/mol. The zero-order valence-corrected chi connectivity index (χ0v) is 10.6. The molecular weight excluding hydrogens is 245 g/mol. The monoisotopic (exact) mass is 255 g/mol. The molecule has 2 atom stereocenters. The van der Waals surface area contributed by atoms with Gasteiger partial charge in [-0.1, -0.05) is 30.1 Å². The number of methoxy groups -OCH3 is 1. The third kappa shape index (κ3) is 1.55. The maximum Gasteiger partial charge on any atom is 0.138 e. The number of hydrogen-bond donors (Lipinski definition) is 0. The van der Waals surface area contributed by atoms with Gasteiger partial charge in [0.15, 0.2) is 0 Å². The van der Waals surface area contributed by atoms with Gasteiger partial charge in [-0.25, -0.2) is 0 Å². The Hall–Kier alpha value is -0.910. The SMILES string of the molecule is COc1cc(Cl)c(C2(C#N)CC2C)cc1Cl. The summed E-state index contributed by atoms with van der Waals surface area (Å²) in [5, 5.41) is 10.3. The summed E-state index contributed by atoms with van der Waals surface area (Å²) in [5.41, 5.74) is 0.363. The Morgan fingerprint density at radius 2 is 2.06 bits per heavy atom. The maximum absolute atomic E-state index is 9.24. The first-order valence-corrected chi connectivity index (χ1v) is 5.75. The third-order valence-corrected chi connectivity index (χ3v) is 3.84. The second-order valence-corrected chi connectivity index (χ2v) is 4.97. The number of rotatable bonds is 2. The lowest BCUT2D eigenvalue weighted by atomic mass is 9.95. The van der Waals surface area contributed by atoms with Crippen molar-refractivity contribution >= 4 is 23.2 Å². The smallest absolute Gasteiger partial charge is 0.138 e. The molecule has 1 fully saturated rings. The summed E-state index contributed by atoms with van der Waals surface area (Å²) in [7, 11) is 1.54. The molecule has 2 unspecified atom stereocenters. The van der Waals surface area contributed by atoms with Crippen LogP contribution in [0.15, 0.2) is 12.1 Å². The van der Waals surface area contributed by atoms with E-state index in [1.807, 2.05) is 6.92 Å². The van der Waals surface area contributed by atoms with E-state index in [4.69, 9.17) is 27.9 Å². The lowest BCUT2D eigenvalue weighted by molar-refractivity contribution is 0.415. The molecule has 0 N–H and O–H groups in total. The zero-order valence-electron chi connectivity index (χ0n) is 9.05. The van der Waals surface area contributed by atoms with Gasteiger partial charge in [0.25, 0.3) is 0 Å². The van der Waals surface area contributed by atoms with E-state index in [9.17, 15) is 5.26 Å². The van der Waals surface area contributed by atoms with E-state index in [2.05, 4.69) is 6.07 Å². The number of benzene rings is 1. The average molecular weight is 256 g/mol. The Morgan fingerprint density at radius 3 is 2.50 bits per heavy atom. The van der Waals surface area contributed by atoms with Gasteiger partial charge in [0.1, 0.15) is 5.75 Å². The van der Waals surface area contributed by atoms with E-state index in [-0.39, 0.29) is 0 Å². The first-order valence-electron chi connectivity index (χ1n) is 5.00. The molecule has 0 radical (unpaired) electrons. The Kier molecular flexibility index (Phi) is 2.77. The zero-order chi connectivity index (χ0) is 11.9. The average Bonchev–Trinajstić information content (AvgIpc) is 2.93. The van der Waals surface area contributed by atoms with E-state index in [0.29, 0.717) is 21.7 Å². The molecule has 1 aliphatic carbocycles. The molecular formula is C12H11Cl2NO. The summed E-state index contributed by atoms with van der Waals surface area (Å²) in [6, 6.07) is 5.76. The molecule has 4 heteroatoms. The molecule has 0 spiro atoms. The number of nitrogens with zero attached hydrogens (tertiary/aromatic N) is 1. The van der Waals surface area contributed by atoms with Crippen LogP contribution in [0.1, 0.15) is 18.9 Å². The summed E-state index contributed by atoms with van der Waals surface area (Å²) in [6.45, 7) is 2.04. The number of halogens is 2. The normalized spacial score (nSPS) is 27.3. The van der Waals surface area contributed by atoms with Crippen LogP contribution in [0.3, 0.4) is 0 Å². The van der Waals surface area contributed by atoms with Gasteiger partial charge in [0.2, 0.25) is 0 Å². The molecule has 0 bridgehead atoms. The molecule has 2 rings (SSSR count). The van der Waals surface area contributed by atoms with Gasteiger partial charge < -0.3 is 4.74 Å². The highest BCUT2D eigenvalue weighted by atomic mass is 35.5. The number of nitriles is 1. The first-order chi connectivity index (χ1) is 7.55. The van der Waals surface area contributed by atoms with Crippen molar-refractivity contribution in [3.8, 4) is 11.8 Å². The van der Waals surface area contributed by atoms with Gasteiger partial charge in [-0.15, -0.1) is 0 Å². The van der Waals surface area contributed by atoms with Crippen LogP contribution in [0.2, 0.25) is 10.0 Å². The molecule has 0 aliphatic heterocycles. The van der Waals surface area contributed by atoms with Gasteiger partial charge in [0, 0.05) is 11.1 Å². The van der Waals surface area contributed by atoms with Gasteiger partial charge in [-0.3, -0.25) is 0 Å². The molecule has 1 saturated carbocycles. The summed E-state index contributed by atoms with van der Waals surface area (Å²) in [5.74, 6) is 0.872. The largest absolute Gasteiger partial charge is 0.495 e. The van der Waals surface area contributed by atoms with Gasteiger partial charge in [-0.05, 0) is 24.0 Å². The van der Waals surface area contributed by atoms with Crippen molar-refractivity contribution in [2.45, 2.75) is 18.8 Å². The summed E-state index contributed by atoms with van der Waals surface area (Å²) >= 11 is 12.2. The van der Waals surface area contributed by atoms with Gasteiger partial charge >= 0.3 is 0 Å². The molecule has 0 amide bonds. The van der Waals surface area contributed by atoms with Crippen molar-refractivity contribution in [1.82, 2.24) is 0 Å². The quantitative estimate of drug-likeness (QED) is 0.806. The Morgan fingerprint density at radius 1 is 1.44 bits per heavy atom. The third-order valence-electron chi connectivity index (χ3n) is 3.23. The van der Waals surface area contributed by atoms with Crippen LogP contribution >= 0.6 is 23.2 Å². The highest BCUT2D eigenvalue weighted by molar-refractivity contribution is 6.35. The summed E-state index contributed by atoms with van der Waals surface area (Å²) in [6.07, 6.45) is 0.839. The van der Waals surface area contributed by atoms with Crippen molar-refractivity contribution in [3.05, 3.63) is 27.7 Å². The standard InChI is InChI=1S/C12H11Cl2NO/c1-7-5-12(7,6-15)8-3-10(14)11(16-2)4-9(8)13/h3-4,7H,5H2,1-2H3. The highest BCUT2D eigenvalue weighted by Crippen LogP contribution is 2.56. The van der Waals surface area contributed by atoms with E-state index in [1.54, 1.807) is 12.1 Å². The molecule has 2 nitrogen and oxygen atoms in total. The van der Waals surface area contributed by atoms with Crippen LogP contribution in [-0.4, -0.2) is 7.11 Å². The number of hydrogen-bond acceptors (Lipinski definition) is 2. The van der Waals surface area contributed by atoms with Crippen molar-refractivity contribution in [3.63, 3.8) is 0 Å². The van der Waals surface area contributed by atoms with E-state index >= 15 is 0 Å². The highest BCUT2D eigenvalue weighted by Gasteiger charge is 2.54. The molecule has 1 aromatic carbocycles. The minimum Gasteiger partial charge on any atom is -0.495 e. The molecule has 0 aromatic heterocycles. The van der Waals surface area contributed by atoms with Crippen molar-refractivity contribution in [2.24, 2.45) is 5.92 Å². The fourth-order valence-electron chi connectivity index (χ4n) is 2.04. The molecule has 84 valence electrons. The number of ether oxygens (including phenoxy) is 1. The lowest BCUT2D eigenvalue weighted by Crippen LogP contribution is -2.07. The van der Waals surface area contributed by atoms with Crippen LogP contribution in [0.25, 0.3) is 0 Å². The van der Waals surface area contributed by atoms with E-state index < -0.39 is 5.41 Å². The lowest BCUT2D eigenvalue weighted by Gasteiger charge is -2.13. The molecule has 0 saturated heterocycles. The second-order valence-electron chi connectivity index (χ2n) is 4.15. The fraction of sp³-hybridized carbons (Fsp3) is 0.417. The van der Waals surface area contributed by atoms with Crippen LogP contribution in [0.4, 0.5) is 0 Å². The van der Waals surface area contributed by atoms with Crippen LogP contribution < -0.4 is 4.74 Å². The second kappa shape index (κ2) is 3.84. The maximum atomic E-state index is 9.24. The van der Waals surface area contributed by atoms with Crippen LogP contribution in [0.5, 0.6) is 5.75 Å². The molecule has 1 aliphatic rings. The van der Waals surface area contributed by atoms with Crippen LogP contribution in [0, 0.1) is 17.2 Å².